The Balaban J connectivity index is 1.36. The lowest BCUT2D eigenvalue weighted by Crippen LogP contribution is -2.39. The Labute approximate surface area is 182 Å². The van der Waals surface area contributed by atoms with Crippen LogP contribution in [0.3, 0.4) is 0 Å². The van der Waals surface area contributed by atoms with E-state index in [0.717, 1.165) is 16.0 Å². The van der Waals surface area contributed by atoms with Crippen molar-refractivity contribution in [3.8, 4) is 11.4 Å². The van der Waals surface area contributed by atoms with Gasteiger partial charge in [-0.05, 0) is 31.4 Å². The van der Waals surface area contributed by atoms with Crippen LogP contribution < -0.4 is 4.90 Å². The van der Waals surface area contributed by atoms with Crippen LogP contribution >= 0.6 is 11.8 Å². The minimum absolute atomic E-state index is 0.0846. The molecule has 2 atom stereocenters. The van der Waals surface area contributed by atoms with Gasteiger partial charge in [-0.3, -0.25) is 14.6 Å². The average molecular weight is 434 g/mol. The molecule has 2 amide bonds. The Kier molecular flexibility index (Phi) is 4.78. The summed E-state index contributed by atoms with van der Waals surface area (Å²) in [7, 11) is 0. The van der Waals surface area contributed by atoms with Gasteiger partial charge in [-0.2, -0.15) is 10.1 Å². The van der Waals surface area contributed by atoms with Crippen LogP contribution in [0.25, 0.3) is 11.4 Å². The maximum absolute atomic E-state index is 13.1. The van der Waals surface area contributed by atoms with Crippen molar-refractivity contribution in [1.29, 1.82) is 0 Å². The second-order valence-corrected chi connectivity index (χ2v) is 8.16. The van der Waals surface area contributed by atoms with E-state index >= 15 is 0 Å². The minimum Gasteiger partial charge on any atom is -0.337 e. The summed E-state index contributed by atoms with van der Waals surface area (Å²) in [5.74, 6) is -0.00725. The number of aryl methyl sites for hydroxylation is 1. The molecule has 3 heterocycles. The highest BCUT2D eigenvalue weighted by Crippen LogP contribution is 2.34. The van der Waals surface area contributed by atoms with Crippen molar-refractivity contribution in [3.63, 3.8) is 0 Å². The summed E-state index contributed by atoms with van der Waals surface area (Å²) in [6.07, 6.45) is 1.94. The summed E-state index contributed by atoms with van der Waals surface area (Å²) in [6.45, 7) is 2.09. The number of carbonyl (C=O) groups excluding carboxylic acids is 2. The third-order valence-electron chi connectivity index (χ3n) is 5.24. The molecule has 1 fully saturated rings. The van der Waals surface area contributed by atoms with Gasteiger partial charge >= 0.3 is 0 Å². The molecule has 5 rings (SSSR count). The molecular formula is C21H18N6O3S. The van der Waals surface area contributed by atoms with Gasteiger partial charge in [-0.25, -0.2) is 4.90 Å². The third kappa shape index (κ3) is 3.38. The van der Waals surface area contributed by atoms with Gasteiger partial charge in [0, 0.05) is 10.5 Å². The van der Waals surface area contributed by atoms with Gasteiger partial charge in [0.1, 0.15) is 6.54 Å². The molecule has 2 aliphatic rings. The number of nitrogens with zero attached hydrogens (tertiary/aromatic N) is 6. The van der Waals surface area contributed by atoms with E-state index in [2.05, 4.69) is 20.5 Å². The third-order valence-corrected chi connectivity index (χ3v) is 5.97. The normalized spacial score (nSPS) is 20.1. The van der Waals surface area contributed by atoms with E-state index in [1.54, 1.807) is 6.07 Å². The lowest BCUT2D eigenvalue weighted by atomic mass is 10.1. The second-order valence-electron chi connectivity index (χ2n) is 7.28. The Morgan fingerprint density at radius 3 is 2.68 bits per heavy atom. The predicted molar refractivity (Wildman–Crippen MR) is 113 cm³/mol. The van der Waals surface area contributed by atoms with Gasteiger partial charge < -0.3 is 4.52 Å². The number of amides is 2. The van der Waals surface area contributed by atoms with Crippen molar-refractivity contribution in [3.05, 3.63) is 60.0 Å². The zero-order chi connectivity index (χ0) is 21.5. The fraction of sp³-hybridized carbons (Fsp3) is 0.238. The highest BCUT2D eigenvalue weighted by Gasteiger charge is 2.55. The van der Waals surface area contributed by atoms with E-state index < -0.39 is 12.1 Å². The van der Waals surface area contributed by atoms with E-state index in [4.69, 9.17) is 4.52 Å². The standard InChI is InChI=1S/C21H18N6O3S/c1-12-6-8-13(9-7-12)19-22-16(30-24-19)11-26-18-17(23-25-26)20(28)27(21(18)29)14-4-3-5-15(10-14)31-2/h3-10,17-18H,11H2,1-2H3/t17-,18+/m1/s1. The van der Waals surface area contributed by atoms with E-state index in [9.17, 15) is 9.59 Å². The molecule has 31 heavy (non-hydrogen) atoms. The van der Waals surface area contributed by atoms with Gasteiger partial charge in [-0.15, -0.1) is 11.8 Å². The van der Waals surface area contributed by atoms with Crippen LogP contribution in [0.15, 0.2) is 68.3 Å². The predicted octanol–water partition coefficient (Wildman–Crippen LogP) is 3.26. The summed E-state index contributed by atoms with van der Waals surface area (Å²) in [6, 6.07) is 13.4. The summed E-state index contributed by atoms with van der Waals surface area (Å²) in [5.41, 5.74) is 2.49. The van der Waals surface area contributed by atoms with Crippen LogP contribution in [0.5, 0.6) is 0 Å². The van der Waals surface area contributed by atoms with Crippen molar-refractivity contribution < 1.29 is 14.1 Å². The zero-order valence-electron chi connectivity index (χ0n) is 16.8. The number of carbonyl (C=O) groups is 2. The lowest BCUT2D eigenvalue weighted by Gasteiger charge is -2.19. The Morgan fingerprint density at radius 1 is 1.10 bits per heavy atom. The molecule has 2 aromatic carbocycles. The molecule has 9 nitrogen and oxygen atoms in total. The monoisotopic (exact) mass is 434 g/mol. The molecule has 0 spiro atoms. The van der Waals surface area contributed by atoms with Crippen LogP contribution in [-0.4, -0.2) is 45.3 Å². The summed E-state index contributed by atoms with van der Waals surface area (Å²) in [5, 5.41) is 13.5. The number of imide groups is 1. The summed E-state index contributed by atoms with van der Waals surface area (Å²) < 4.78 is 5.35. The van der Waals surface area contributed by atoms with Gasteiger partial charge in [0.15, 0.2) is 12.1 Å². The number of rotatable bonds is 5. The van der Waals surface area contributed by atoms with Crippen LogP contribution in [0, 0.1) is 6.92 Å². The van der Waals surface area contributed by atoms with E-state index in [1.165, 1.54) is 21.7 Å². The van der Waals surface area contributed by atoms with Gasteiger partial charge in [0.05, 0.1) is 5.69 Å². The van der Waals surface area contributed by atoms with Crippen molar-refractivity contribution in [2.45, 2.75) is 30.4 Å². The number of aromatic nitrogens is 2. The summed E-state index contributed by atoms with van der Waals surface area (Å²) >= 11 is 1.54. The smallest absolute Gasteiger partial charge is 0.263 e. The molecule has 2 aliphatic heterocycles. The van der Waals surface area contributed by atoms with E-state index in [1.807, 2.05) is 55.6 Å². The Bertz CT molecular complexity index is 1190. The van der Waals surface area contributed by atoms with Gasteiger partial charge in [0.25, 0.3) is 11.8 Å². The first-order chi connectivity index (χ1) is 15.0. The van der Waals surface area contributed by atoms with E-state index in [-0.39, 0.29) is 18.4 Å². The maximum atomic E-state index is 13.1. The van der Waals surface area contributed by atoms with Crippen LogP contribution in [0.1, 0.15) is 11.5 Å². The molecule has 0 bridgehead atoms. The largest absolute Gasteiger partial charge is 0.337 e. The van der Waals surface area contributed by atoms with Crippen molar-refractivity contribution >= 4 is 29.3 Å². The number of anilines is 1. The fourth-order valence-corrected chi connectivity index (χ4v) is 4.09. The molecule has 0 N–H and O–H groups in total. The van der Waals surface area contributed by atoms with Crippen molar-refractivity contribution in [2.24, 2.45) is 10.3 Å². The molecule has 0 aliphatic carbocycles. The summed E-state index contributed by atoms with van der Waals surface area (Å²) in [4.78, 5) is 32.6. The molecule has 156 valence electrons. The quantitative estimate of drug-likeness (QED) is 0.448. The molecule has 3 aromatic rings. The molecule has 1 aromatic heterocycles. The average Bonchev–Trinajstić information content (AvgIpc) is 3.47. The Hall–Kier alpha value is -3.53. The number of thioether (sulfide) groups is 1. The highest BCUT2D eigenvalue weighted by molar-refractivity contribution is 7.98. The highest BCUT2D eigenvalue weighted by atomic mass is 32.2. The second kappa shape index (κ2) is 7.62. The van der Waals surface area contributed by atoms with E-state index in [0.29, 0.717) is 17.4 Å². The number of hydrogen-bond acceptors (Lipinski definition) is 9. The zero-order valence-corrected chi connectivity index (χ0v) is 17.6. The molecule has 0 radical (unpaired) electrons. The molecular weight excluding hydrogens is 416 g/mol. The van der Waals surface area contributed by atoms with Crippen molar-refractivity contribution in [2.75, 3.05) is 11.2 Å². The van der Waals surface area contributed by atoms with Crippen LogP contribution in [0.4, 0.5) is 5.69 Å². The maximum Gasteiger partial charge on any atom is 0.263 e. The van der Waals surface area contributed by atoms with Gasteiger partial charge in [0.2, 0.25) is 11.7 Å². The first-order valence-corrected chi connectivity index (χ1v) is 10.9. The number of hydrogen-bond donors (Lipinski definition) is 0. The minimum atomic E-state index is -0.870. The molecule has 1 saturated heterocycles. The SMILES string of the molecule is CSc1cccc(N2C(=O)[C@@H]3[C@@H](N=NN3Cc3nc(-c4ccc(C)cc4)no3)C2=O)c1. The van der Waals surface area contributed by atoms with Crippen LogP contribution in [0.2, 0.25) is 0 Å². The Morgan fingerprint density at radius 2 is 1.90 bits per heavy atom. The first-order valence-electron chi connectivity index (χ1n) is 9.64. The first kappa shape index (κ1) is 19.4. The number of benzene rings is 2. The number of fused-ring (bicyclic) bond motifs is 1. The molecule has 10 heteroatoms. The van der Waals surface area contributed by atoms with Crippen molar-refractivity contribution in [1.82, 2.24) is 15.1 Å². The van der Waals surface area contributed by atoms with Gasteiger partial charge in [-0.1, -0.05) is 46.3 Å². The van der Waals surface area contributed by atoms with Crippen LogP contribution in [-0.2, 0) is 16.1 Å². The molecule has 0 unspecified atom stereocenters. The lowest BCUT2D eigenvalue weighted by molar-refractivity contribution is -0.123. The fourth-order valence-electron chi connectivity index (χ4n) is 3.64. The topological polar surface area (TPSA) is 104 Å². The molecule has 0 saturated carbocycles.